The predicted octanol–water partition coefficient (Wildman–Crippen LogP) is 5.57. The van der Waals surface area contributed by atoms with Crippen LogP contribution in [0, 0.1) is 0 Å². The van der Waals surface area contributed by atoms with Crippen LogP contribution in [-0.2, 0) is 10.0 Å². The molecule has 1 saturated heterocycles. The lowest BCUT2D eigenvalue weighted by molar-refractivity contribution is 0.102. The molecule has 9 heteroatoms. The van der Waals surface area contributed by atoms with Gasteiger partial charge >= 0.3 is 0 Å². The maximum absolute atomic E-state index is 13.3. The standard InChI is InChI=1S/C25H25ClN2O5S/c1-32-23-13-11-20(34(30,31)28-14-6-3-7-15-28)17-21(23)25(29)27-22-16-18(26)10-12-24(22)33-19-8-4-2-5-9-19/h2,4-5,8-13,16-17H,3,6-7,14-15H2,1H3,(H,27,29). The highest BCUT2D eigenvalue weighted by Gasteiger charge is 2.28. The summed E-state index contributed by atoms with van der Waals surface area (Å²) >= 11 is 6.16. The van der Waals surface area contributed by atoms with Gasteiger partial charge in [0, 0.05) is 18.1 Å². The van der Waals surface area contributed by atoms with Gasteiger partial charge in [-0.15, -0.1) is 0 Å². The molecule has 1 heterocycles. The quantitative estimate of drug-likeness (QED) is 0.458. The molecule has 178 valence electrons. The monoisotopic (exact) mass is 500 g/mol. The summed E-state index contributed by atoms with van der Waals surface area (Å²) in [5.74, 6) is 0.683. The van der Waals surface area contributed by atoms with Gasteiger partial charge in [-0.2, -0.15) is 4.31 Å². The van der Waals surface area contributed by atoms with Gasteiger partial charge in [0.2, 0.25) is 10.0 Å². The van der Waals surface area contributed by atoms with E-state index < -0.39 is 15.9 Å². The van der Waals surface area contributed by atoms with E-state index in [1.807, 2.05) is 18.2 Å². The van der Waals surface area contributed by atoms with Gasteiger partial charge in [-0.3, -0.25) is 4.79 Å². The number of piperidine rings is 1. The van der Waals surface area contributed by atoms with Gasteiger partial charge in [-0.05, 0) is 61.4 Å². The minimum atomic E-state index is -3.72. The topological polar surface area (TPSA) is 84.9 Å². The zero-order chi connectivity index (χ0) is 24.1. The van der Waals surface area contributed by atoms with Gasteiger partial charge in [0.05, 0.1) is 23.3 Å². The fraction of sp³-hybridized carbons (Fsp3) is 0.240. The predicted molar refractivity (Wildman–Crippen MR) is 132 cm³/mol. The molecule has 0 bridgehead atoms. The molecule has 0 unspecified atom stereocenters. The smallest absolute Gasteiger partial charge is 0.259 e. The molecule has 1 aliphatic heterocycles. The number of halogens is 1. The van der Waals surface area contributed by atoms with E-state index >= 15 is 0 Å². The van der Waals surface area contributed by atoms with E-state index in [2.05, 4.69) is 5.32 Å². The molecule has 1 N–H and O–H groups in total. The lowest BCUT2D eigenvalue weighted by atomic mass is 10.1. The molecule has 0 aliphatic carbocycles. The van der Waals surface area contributed by atoms with Crippen LogP contribution >= 0.6 is 11.6 Å². The Kier molecular flexibility index (Phi) is 7.41. The van der Waals surface area contributed by atoms with E-state index in [1.165, 1.54) is 29.6 Å². The van der Waals surface area contributed by atoms with Crippen LogP contribution in [0.2, 0.25) is 5.02 Å². The molecule has 3 aromatic carbocycles. The molecule has 0 aromatic heterocycles. The van der Waals surface area contributed by atoms with Crippen molar-refractivity contribution in [2.75, 3.05) is 25.5 Å². The molecule has 0 atom stereocenters. The number of hydrogen-bond donors (Lipinski definition) is 1. The van der Waals surface area contributed by atoms with Crippen molar-refractivity contribution < 1.29 is 22.7 Å². The lowest BCUT2D eigenvalue weighted by Gasteiger charge is -2.26. The number of benzene rings is 3. The summed E-state index contributed by atoms with van der Waals surface area (Å²) in [6.45, 7) is 0.942. The number of nitrogens with zero attached hydrogens (tertiary/aromatic N) is 1. The highest BCUT2D eigenvalue weighted by molar-refractivity contribution is 7.89. The van der Waals surface area contributed by atoms with Gasteiger partial charge in [-0.25, -0.2) is 8.42 Å². The zero-order valence-corrected chi connectivity index (χ0v) is 20.2. The summed E-state index contributed by atoms with van der Waals surface area (Å²) in [5, 5.41) is 3.19. The number of rotatable bonds is 7. The van der Waals surface area contributed by atoms with E-state index in [9.17, 15) is 13.2 Å². The molecule has 0 spiro atoms. The van der Waals surface area contributed by atoms with Crippen LogP contribution < -0.4 is 14.8 Å². The summed E-state index contributed by atoms with van der Waals surface area (Å²) in [4.78, 5) is 13.3. The molecule has 7 nitrogen and oxygen atoms in total. The summed E-state index contributed by atoms with van der Waals surface area (Å²) in [7, 11) is -2.29. The van der Waals surface area contributed by atoms with Crippen LogP contribution in [-0.4, -0.2) is 38.8 Å². The summed E-state index contributed by atoms with van der Waals surface area (Å²) < 4.78 is 39.0. The van der Waals surface area contributed by atoms with Crippen molar-refractivity contribution in [1.29, 1.82) is 0 Å². The third-order valence-corrected chi connectivity index (χ3v) is 7.66. The highest BCUT2D eigenvalue weighted by Crippen LogP contribution is 2.33. The van der Waals surface area contributed by atoms with Crippen LogP contribution in [0.5, 0.6) is 17.2 Å². The fourth-order valence-corrected chi connectivity index (χ4v) is 5.49. The molecule has 1 aliphatic rings. The number of ether oxygens (including phenoxy) is 2. The van der Waals surface area contributed by atoms with Crippen molar-refractivity contribution in [1.82, 2.24) is 4.31 Å². The number of nitrogens with one attached hydrogen (secondary N) is 1. The first-order valence-electron chi connectivity index (χ1n) is 10.9. The number of hydrogen-bond acceptors (Lipinski definition) is 5. The molecule has 1 fully saturated rings. The van der Waals surface area contributed by atoms with E-state index in [1.54, 1.807) is 30.3 Å². The Hall–Kier alpha value is -3.07. The average molecular weight is 501 g/mol. The third kappa shape index (κ3) is 5.35. The summed E-state index contributed by atoms with van der Waals surface area (Å²) in [6, 6.07) is 18.3. The number of carbonyl (C=O) groups excluding carboxylic acids is 1. The van der Waals surface area contributed by atoms with E-state index in [0.717, 1.165) is 19.3 Å². The second-order valence-corrected chi connectivity index (χ2v) is 10.2. The van der Waals surface area contributed by atoms with Crippen molar-refractivity contribution in [3.63, 3.8) is 0 Å². The highest BCUT2D eigenvalue weighted by atomic mass is 35.5. The first kappa shape index (κ1) is 24.1. The van der Waals surface area contributed by atoms with E-state index in [4.69, 9.17) is 21.1 Å². The van der Waals surface area contributed by atoms with Gasteiger partial charge in [0.25, 0.3) is 5.91 Å². The van der Waals surface area contributed by atoms with Crippen LogP contribution in [0.1, 0.15) is 29.6 Å². The SMILES string of the molecule is COc1ccc(S(=O)(=O)N2CCCCC2)cc1C(=O)Nc1cc(Cl)ccc1Oc1ccccc1. The fourth-order valence-electron chi connectivity index (χ4n) is 3.77. The number of amides is 1. The maximum atomic E-state index is 13.3. The molecule has 0 saturated carbocycles. The van der Waals surface area contributed by atoms with Crippen molar-refractivity contribution >= 4 is 33.2 Å². The van der Waals surface area contributed by atoms with Gasteiger partial charge in [-0.1, -0.05) is 36.2 Å². The Labute approximate surface area is 204 Å². The van der Waals surface area contributed by atoms with Crippen molar-refractivity contribution in [3.8, 4) is 17.2 Å². The number of methoxy groups -OCH3 is 1. The molecule has 34 heavy (non-hydrogen) atoms. The minimum Gasteiger partial charge on any atom is -0.496 e. The summed E-state index contributed by atoms with van der Waals surface area (Å²) in [5.41, 5.74) is 0.430. The van der Waals surface area contributed by atoms with Crippen molar-refractivity contribution in [2.24, 2.45) is 0 Å². The second kappa shape index (κ2) is 10.5. The Bertz CT molecular complexity index is 1280. The third-order valence-electron chi connectivity index (χ3n) is 5.53. The van der Waals surface area contributed by atoms with Gasteiger partial charge in [0.15, 0.2) is 5.75 Å². The van der Waals surface area contributed by atoms with E-state index in [-0.39, 0.29) is 16.2 Å². The van der Waals surface area contributed by atoms with Gasteiger partial charge < -0.3 is 14.8 Å². The average Bonchev–Trinajstić information content (AvgIpc) is 2.86. The molecule has 3 aromatic rings. The lowest BCUT2D eigenvalue weighted by Crippen LogP contribution is -2.35. The molecule has 0 radical (unpaired) electrons. The molecular weight excluding hydrogens is 476 g/mol. The Balaban J connectivity index is 1.64. The maximum Gasteiger partial charge on any atom is 0.259 e. The van der Waals surface area contributed by atoms with Crippen LogP contribution in [0.15, 0.2) is 71.6 Å². The first-order valence-corrected chi connectivity index (χ1v) is 12.7. The second-order valence-electron chi connectivity index (χ2n) is 7.84. The molecule has 1 amide bonds. The number of anilines is 1. The zero-order valence-electron chi connectivity index (χ0n) is 18.7. The number of carbonyl (C=O) groups is 1. The number of sulfonamides is 1. The van der Waals surface area contributed by atoms with Crippen molar-refractivity contribution in [2.45, 2.75) is 24.2 Å². The molecule has 4 rings (SSSR count). The van der Waals surface area contributed by atoms with Crippen LogP contribution in [0.25, 0.3) is 0 Å². The van der Waals surface area contributed by atoms with Crippen molar-refractivity contribution in [3.05, 3.63) is 77.3 Å². The normalized spacial score (nSPS) is 14.4. The molecular formula is C25H25ClN2O5S. The summed E-state index contributed by atoms with van der Waals surface area (Å²) in [6.07, 6.45) is 2.65. The van der Waals surface area contributed by atoms with Crippen LogP contribution in [0.4, 0.5) is 5.69 Å². The first-order chi connectivity index (χ1) is 16.4. The van der Waals surface area contributed by atoms with Gasteiger partial charge in [0.1, 0.15) is 11.5 Å². The van der Waals surface area contributed by atoms with E-state index in [0.29, 0.717) is 35.3 Å². The van der Waals surface area contributed by atoms with Crippen LogP contribution in [0.3, 0.4) is 0 Å². The minimum absolute atomic E-state index is 0.0483. The largest absolute Gasteiger partial charge is 0.496 e. The Morgan fingerprint density at radius 1 is 0.941 bits per heavy atom. The Morgan fingerprint density at radius 2 is 1.65 bits per heavy atom. The Morgan fingerprint density at radius 3 is 2.35 bits per heavy atom. The number of para-hydroxylation sites is 1.